The van der Waals surface area contributed by atoms with Gasteiger partial charge in [-0.2, -0.15) is 0 Å². The molecule has 0 N–H and O–H groups in total. The predicted molar refractivity (Wildman–Crippen MR) is 103 cm³/mol. The Hall–Kier alpha value is -2.00. The van der Waals surface area contributed by atoms with E-state index in [-0.39, 0.29) is 10.9 Å². The Labute approximate surface area is 157 Å². The molecule has 0 aliphatic rings. The molecule has 1 atom stereocenters. The van der Waals surface area contributed by atoms with Gasteiger partial charge >= 0.3 is 5.97 Å². The van der Waals surface area contributed by atoms with Gasteiger partial charge in [0.25, 0.3) is 10.0 Å². The second-order valence-corrected chi connectivity index (χ2v) is 8.37. The van der Waals surface area contributed by atoms with Crippen molar-refractivity contribution in [3.8, 4) is 12.0 Å². The third-order valence-electron chi connectivity index (χ3n) is 3.76. The first-order valence-corrected chi connectivity index (χ1v) is 10.4. The number of nitrogens with zero attached hydrogens (tertiary/aromatic N) is 1. The highest BCUT2D eigenvalue weighted by atomic mass is 32.2. The van der Waals surface area contributed by atoms with Crippen LogP contribution in [-0.4, -0.2) is 30.8 Å². The number of carbonyl (C=O) groups excluding carboxylic acids is 1. The van der Waals surface area contributed by atoms with E-state index < -0.39 is 22.1 Å². The first kappa shape index (κ1) is 22.0. The summed E-state index contributed by atoms with van der Waals surface area (Å²) < 4.78 is 32.2. The van der Waals surface area contributed by atoms with Gasteiger partial charge in [0.1, 0.15) is 0 Å². The molecule has 0 spiro atoms. The van der Waals surface area contributed by atoms with Crippen LogP contribution in [0.15, 0.2) is 29.2 Å². The lowest BCUT2D eigenvalue weighted by atomic mass is 10.1. The van der Waals surface area contributed by atoms with Gasteiger partial charge in [0.15, 0.2) is 6.10 Å². The number of hydrogen-bond donors (Lipinski definition) is 0. The summed E-state index contributed by atoms with van der Waals surface area (Å²) in [7, 11) is -3.75. The fraction of sp³-hybridized carbons (Fsp3) is 0.550. The molecule has 26 heavy (non-hydrogen) atoms. The molecule has 1 aromatic carbocycles. The highest BCUT2D eigenvalue weighted by molar-refractivity contribution is 7.89. The number of rotatable bonds is 8. The first-order chi connectivity index (χ1) is 12.2. The molecule has 0 aliphatic heterocycles. The van der Waals surface area contributed by atoms with Crippen molar-refractivity contribution < 1.29 is 17.9 Å². The molecule has 0 aliphatic carbocycles. The van der Waals surface area contributed by atoms with Crippen LogP contribution in [0.5, 0.6) is 0 Å². The number of carbonyl (C=O) groups is 1. The standard InChI is InChI=1S/C20H29NO4S/c1-6-7-8-9-19(25-18(5)22)14-15-21(16(2)3)26(23,24)20-12-10-17(4)11-13-20/h10-13,16,19H,6-9H2,1-5H3. The highest BCUT2D eigenvalue weighted by Gasteiger charge is 2.25. The molecule has 1 aromatic rings. The van der Waals surface area contributed by atoms with Crippen molar-refractivity contribution in [2.45, 2.75) is 77.3 Å². The van der Waals surface area contributed by atoms with Gasteiger partial charge in [-0.1, -0.05) is 37.5 Å². The Morgan fingerprint density at radius 1 is 1.19 bits per heavy atom. The van der Waals surface area contributed by atoms with Crippen LogP contribution in [0.1, 0.15) is 58.9 Å². The summed E-state index contributed by atoms with van der Waals surface area (Å²) in [6.45, 7) is 8.84. The van der Waals surface area contributed by atoms with Crippen LogP contribution in [0.2, 0.25) is 0 Å². The zero-order chi connectivity index (χ0) is 19.7. The Balaban J connectivity index is 3.10. The smallest absolute Gasteiger partial charge is 0.303 e. The molecular weight excluding hydrogens is 350 g/mol. The van der Waals surface area contributed by atoms with Crippen molar-refractivity contribution in [2.75, 3.05) is 0 Å². The lowest BCUT2D eigenvalue weighted by Crippen LogP contribution is -2.33. The molecule has 0 radical (unpaired) electrons. The minimum absolute atomic E-state index is 0.195. The summed E-state index contributed by atoms with van der Waals surface area (Å²) in [6.07, 6.45) is 2.91. The minimum Gasteiger partial charge on any atom is -0.449 e. The Bertz CT molecular complexity index is 742. The van der Waals surface area contributed by atoms with Crippen LogP contribution in [0.4, 0.5) is 0 Å². The van der Waals surface area contributed by atoms with Gasteiger partial charge in [0.05, 0.1) is 4.90 Å². The van der Waals surface area contributed by atoms with E-state index in [4.69, 9.17) is 4.74 Å². The summed E-state index contributed by atoms with van der Waals surface area (Å²) in [5, 5.41) is 0. The van der Waals surface area contributed by atoms with Crippen molar-refractivity contribution in [3.05, 3.63) is 29.8 Å². The second kappa shape index (κ2) is 10.2. The zero-order valence-corrected chi connectivity index (χ0v) is 17.1. The molecule has 5 nitrogen and oxygen atoms in total. The number of benzene rings is 1. The third-order valence-corrected chi connectivity index (χ3v) is 5.66. The van der Waals surface area contributed by atoms with Crippen molar-refractivity contribution >= 4 is 16.0 Å². The molecule has 0 saturated heterocycles. The second-order valence-electron chi connectivity index (χ2n) is 6.56. The quantitative estimate of drug-likeness (QED) is 0.298. The molecule has 0 bridgehead atoms. The summed E-state index contributed by atoms with van der Waals surface area (Å²) in [5.41, 5.74) is 0.983. The van der Waals surface area contributed by atoms with Crippen LogP contribution in [0, 0.1) is 18.9 Å². The van der Waals surface area contributed by atoms with Gasteiger partial charge in [-0.3, -0.25) is 4.79 Å². The van der Waals surface area contributed by atoms with Gasteiger partial charge in [-0.15, -0.1) is 0 Å². The Morgan fingerprint density at radius 2 is 1.81 bits per heavy atom. The predicted octanol–water partition coefficient (Wildman–Crippen LogP) is 3.87. The first-order valence-electron chi connectivity index (χ1n) is 8.98. The molecule has 1 rings (SSSR count). The van der Waals surface area contributed by atoms with Crippen LogP contribution in [0.3, 0.4) is 0 Å². The van der Waals surface area contributed by atoms with Crippen molar-refractivity contribution in [3.63, 3.8) is 0 Å². The summed E-state index contributed by atoms with van der Waals surface area (Å²) in [6, 6.07) is 9.04. The maximum absolute atomic E-state index is 12.9. The molecule has 144 valence electrons. The van der Waals surface area contributed by atoms with E-state index in [1.165, 1.54) is 6.92 Å². The number of hydrogen-bond acceptors (Lipinski definition) is 4. The fourth-order valence-electron chi connectivity index (χ4n) is 2.37. The van der Waals surface area contributed by atoms with Gasteiger partial charge in [0.2, 0.25) is 0 Å². The maximum Gasteiger partial charge on any atom is 0.303 e. The number of esters is 1. The molecule has 1 unspecified atom stereocenters. The fourth-order valence-corrected chi connectivity index (χ4v) is 3.80. The third kappa shape index (κ3) is 6.72. The van der Waals surface area contributed by atoms with Crippen molar-refractivity contribution in [1.29, 1.82) is 0 Å². The van der Waals surface area contributed by atoms with E-state index in [0.717, 1.165) is 29.1 Å². The van der Waals surface area contributed by atoms with Crippen LogP contribution in [0.25, 0.3) is 0 Å². The molecule has 0 saturated carbocycles. The minimum atomic E-state index is -3.75. The largest absolute Gasteiger partial charge is 0.449 e. The monoisotopic (exact) mass is 379 g/mol. The van der Waals surface area contributed by atoms with E-state index in [1.807, 2.05) is 6.92 Å². The number of unbranched alkanes of at least 4 members (excludes halogenated alkanes) is 2. The van der Waals surface area contributed by atoms with Gasteiger partial charge in [0, 0.05) is 19.0 Å². The molecule has 0 fully saturated rings. The summed E-state index contributed by atoms with van der Waals surface area (Å²) >= 11 is 0. The van der Waals surface area contributed by atoms with Crippen LogP contribution in [-0.2, 0) is 19.6 Å². The lowest BCUT2D eigenvalue weighted by Gasteiger charge is -2.22. The number of sulfonamides is 1. The molecule has 0 heterocycles. The van der Waals surface area contributed by atoms with E-state index in [9.17, 15) is 13.2 Å². The normalized spacial score (nSPS) is 12.2. The van der Waals surface area contributed by atoms with Gasteiger partial charge in [-0.25, -0.2) is 12.7 Å². The van der Waals surface area contributed by atoms with Gasteiger partial charge < -0.3 is 4.74 Å². The number of aryl methyl sites for hydroxylation is 1. The molecular formula is C20H29NO4S. The zero-order valence-electron chi connectivity index (χ0n) is 16.3. The summed E-state index contributed by atoms with van der Waals surface area (Å²) in [4.78, 5) is 11.5. The van der Waals surface area contributed by atoms with Crippen molar-refractivity contribution in [1.82, 2.24) is 4.31 Å². The molecule has 0 aromatic heterocycles. The average molecular weight is 380 g/mol. The molecule has 6 heteroatoms. The van der Waals surface area contributed by atoms with Crippen LogP contribution < -0.4 is 0 Å². The van der Waals surface area contributed by atoms with E-state index in [0.29, 0.717) is 6.42 Å². The average Bonchev–Trinajstić information content (AvgIpc) is 2.54. The Kier molecular flexibility index (Phi) is 8.67. The highest BCUT2D eigenvalue weighted by Crippen LogP contribution is 2.18. The Morgan fingerprint density at radius 3 is 2.31 bits per heavy atom. The maximum atomic E-state index is 12.9. The van der Waals surface area contributed by atoms with E-state index >= 15 is 0 Å². The van der Waals surface area contributed by atoms with Crippen molar-refractivity contribution in [2.24, 2.45) is 0 Å². The lowest BCUT2D eigenvalue weighted by molar-refractivity contribution is -0.144. The topological polar surface area (TPSA) is 63.7 Å². The SMILES string of the molecule is CCCCCC(C#CN(C(C)C)S(=O)(=O)c1ccc(C)cc1)OC(C)=O. The molecule has 0 amide bonds. The number of ether oxygens (including phenoxy) is 1. The summed E-state index contributed by atoms with van der Waals surface area (Å²) in [5.74, 6) is 2.41. The van der Waals surface area contributed by atoms with E-state index in [1.54, 1.807) is 38.1 Å². The van der Waals surface area contributed by atoms with Gasteiger partial charge in [-0.05, 0) is 51.7 Å². The van der Waals surface area contributed by atoms with E-state index in [2.05, 4.69) is 18.9 Å². The van der Waals surface area contributed by atoms with Crippen LogP contribution >= 0.6 is 0 Å².